The van der Waals surface area contributed by atoms with Crippen LogP contribution in [0.5, 0.6) is 0 Å². The van der Waals surface area contributed by atoms with Crippen molar-refractivity contribution >= 4 is 51.0 Å². The molecule has 0 spiro atoms. The molecule has 1 aromatic heterocycles. The molecular weight excluding hydrogens is 372 g/mol. The Bertz CT molecular complexity index is 581. The molecule has 0 amide bonds. The average molecular weight is 376 g/mol. The SMILES string of the molecule is FC1=NC(F)C(Br)=CN1c1nc(F)nc(CCl)c1Cl. The van der Waals surface area contributed by atoms with E-state index in [1.807, 2.05) is 0 Å². The van der Waals surface area contributed by atoms with Gasteiger partial charge in [0, 0.05) is 6.20 Å². The first-order valence-electron chi connectivity index (χ1n) is 4.75. The van der Waals surface area contributed by atoms with Crippen LogP contribution < -0.4 is 4.90 Å². The van der Waals surface area contributed by atoms with E-state index in [9.17, 15) is 13.2 Å². The molecule has 4 nitrogen and oxygen atoms in total. The van der Waals surface area contributed by atoms with E-state index in [-0.39, 0.29) is 26.9 Å². The summed E-state index contributed by atoms with van der Waals surface area (Å²) in [5, 5.41) is -0.143. The molecule has 1 aliphatic heterocycles. The first kappa shape index (κ1) is 14.5. The summed E-state index contributed by atoms with van der Waals surface area (Å²) in [5.74, 6) is -0.496. The highest BCUT2D eigenvalue weighted by Gasteiger charge is 2.27. The molecule has 1 unspecified atom stereocenters. The van der Waals surface area contributed by atoms with Gasteiger partial charge < -0.3 is 0 Å². The number of rotatable bonds is 2. The summed E-state index contributed by atoms with van der Waals surface area (Å²) in [4.78, 5) is 10.5. The van der Waals surface area contributed by atoms with Crippen molar-refractivity contribution in [1.82, 2.24) is 9.97 Å². The summed E-state index contributed by atoms with van der Waals surface area (Å²) in [6.07, 6.45) is -3.20. The number of halogens is 6. The van der Waals surface area contributed by atoms with Gasteiger partial charge in [-0.25, -0.2) is 9.37 Å². The lowest BCUT2D eigenvalue weighted by molar-refractivity contribution is 0.402. The van der Waals surface area contributed by atoms with E-state index in [4.69, 9.17) is 23.2 Å². The van der Waals surface area contributed by atoms with Crippen LogP contribution in [0.25, 0.3) is 0 Å². The number of aromatic nitrogens is 2. The number of nitrogens with zero attached hydrogens (tertiary/aromatic N) is 4. The number of hydrogen-bond donors (Lipinski definition) is 0. The first-order chi connectivity index (χ1) is 8.93. The molecule has 0 N–H and O–H groups in total. The molecule has 19 heavy (non-hydrogen) atoms. The van der Waals surface area contributed by atoms with Crippen molar-refractivity contribution in [3.63, 3.8) is 0 Å². The zero-order chi connectivity index (χ0) is 14.2. The molecule has 102 valence electrons. The molecule has 2 rings (SSSR count). The van der Waals surface area contributed by atoms with Gasteiger partial charge >= 0.3 is 6.08 Å². The van der Waals surface area contributed by atoms with Crippen LogP contribution in [-0.2, 0) is 5.88 Å². The molecule has 10 heteroatoms. The standard InChI is InChI=1S/C9H4BrCl2F3N4/c10-3-2-19(9(15)17-6(3)13)7-5(12)4(1-11)16-8(14)18-7/h2,6H,1H2. The molecule has 1 atom stereocenters. The Kier molecular flexibility index (Phi) is 4.32. The van der Waals surface area contributed by atoms with E-state index < -0.39 is 18.5 Å². The van der Waals surface area contributed by atoms with Crippen LogP contribution in [-0.4, -0.2) is 22.4 Å². The largest absolute Gasteiger partial charge is 0.310 e. The highest BCUT2D eigenvalue weighted by Crippen LogP contribution is 2.32. The van der Waals surface area contributed by atoms with E-state index >= 15 is 0 Å². The maximum absolute atomic E-state index is 13.6. The zero-order valence-corrected chi connectivity index (χ0v) is 12.0. The Morgan fingerprint density at radius 1 is 1.37 bits per heavy atom. The Morgan fingerprint density at radius 2 is 2.05 bits per heavy atom. The molecular formula is C9H4BrCl2F3N4. The fraction of sp³-hybridized carbons (Fsp3) is 0.222. The third-order valence-electron chi connectivity index (χ3n) is 2.13. The smallest absolute Gasteiger partial charge is 0.259 e. The van der Waals surface area contributed by atoms with Gasteiger partial charge in [0.15, 0.2) is 5.82 Å². The predicted octanol–water partition coefficient (Wildman–Crippen LogP) is 3.69. The Balaban J connectivity index is 2.53. The topological polar surface area (TPSA) is 41.4 Å². The van der Waals surface area contributed by atoms with Gasteiger partial charge in [-0.05, 0) is 15.9 Å². The third-order valence-corrected chi connectivity index (χ3v) is 3.35. The highest BCUT2D eigenvalue weighted by molar-refractivity contribution is 9.11. The number of anilines is 1. The molecule has 0 fully saturated rings. The minimum Gasteiger partial charge on any atom is -0.259 e. The first-order valence-corrected chi connectivity index (χ1v) is 6.46. The summed E-state index contributed by atoms with van der Waals surface area (Å²) in [7, 11) is 0. The van der Waals surface area contributed by atoms with E-state index in [2.05, 4.69) is 30.9 Å². The van der Waals surface area contributed by atoms with Gasteiger partial charge in [0.2, 0.25) is 6.30 Å². The molecule has 1 aliphatic rings. The van der Waals surface area contributed by atoms with Crippen LogP contribution in [0.4, 0.5) is 19.0 Å². The Labute approximate surface area is 124 Å². The van der Waals surface area contributed by atoms with Crippen molar-refractivity contribution in [2.75, 3.05) is 4.90 Å². The van der Waals surface area contributed by atoms with Gasteiger partial charge in [0.05, 0.1) is 16.1 Å². The summed E-state index contributed by atoms with van der Waals surface area (Å²) in [6, 6.07) is 0. The van der Waals surface area contributed by atoms with E-state index in [1.54, 1.807) is 0 Å². The molecule has 0 bridgehead atoms. The second-order valence-electron chi connectivity index (χ2n) is 3.33. The second-order valence-corrected chi connectivity index (χ2v) is 4.89. The van der Waals surface area contributed by atoms with Crippen LogP contribution in [0.15, 0.2) is 15.7 Å². The van der Waals surface area contributed by atoms with Crippen LogP contribution >= 0.6 is 39.1 Å². The molecule has 0 aliphatic carbocycles. The zero-order valence-electron chi connectivity index (χ0n) is 8.92. The fourth-order valence-corrected chi connectivity index (χ4v) is 2.11. The molecule has 0 aromatic carbocycles. The third kappa shape index (κ3) is 2.85. The van der Waals surface area contributed by atoms with Crippen molar-refractivity contribution in [3.8, 4) is 0 Å². The minimum atomic E-state index is -1.87. The quantitative estimate of drug-likeness (QED) is 0.449. The van der Waals surface area contributed by atoms with Crippen LogP contribution in [0.2, 0.25) is 5.02 Å². The lowest BCUT2D eigenvalue weighted by Gasteiger charge is -2.22. The summed E-state index contributed by atoms with van der Waals surface area (Å²) < 4.78 is 39.9. The van der Waals surface area contributed by atoms with Gasteiger partial charge in [0.25, 0.3) is 6.09 Å². The number of aliphatic imine (C=N–C) groups is 1. The van der Waals surface area contributed by atoms with Gasteiger partial charge in [-0.15, -0.1) is 11.6 Å². The van der Waals surface area contributed by atoms with Crippen LogP contribution in [0.3, 0.4) is 0 Å². The number of hydrogen-bond acceptors (Lipinski definition) is 4. The summed E-state index contributed by atoms with van der Waals surface area (Å²) in [5.41, 5.74) is -0.00877. The monoisotopic (exact) mass is 374 g/mol. The minimum absolute atomic E-state index is 0.00877. The van der Waals surface area contributed by atoms with Crippen molar-refractivity contribution < 1.29 is 13.2 Å². The van der Waals surface area contributed by atoms with Crippen LogP contribution in [0.1, 0.15) is 5.69 Å². The van der Waals surface area contributed by atoms with E-state index in [1.165, 1.54) is 0 Å². The van der Waals surface area contributed by atoms with Gasteiger partial charge in [0.1, 0.15) is 5.02 Å². The molecule has 1 aromatic rings. The molecule has 0 radical (unpaired) electrons. The second kappa shape index (κ2) is 5.64. The molecule has 0 saturated heterocycles. The lowest BCUT2D eigenvalue weighted by Crippen LogP contribution is -2.29. The van der Waals surface area contributed by atoms with E-state index in [0.717, 1.165) is 6.20 Å². The molecule has 2 heterocycles. The average Bonchev–Trinajstić information content (AvgIpc) is 2.36. The van der Waals surface area contributed by atoms with Crippen molar-refractivity contribution in [2.45, 2.75) is 12.2 Å². The Hall–Kier alpha value is -0.860. The van der Waals surface area contributed by atoms with Crippen molar-refractivity contribution in [3.05, 3.63) is 27.5 Å². The highest BCUT2D eigenvalue weighted by atomic mass is 79.9. The normalized spacial score (nSPS) is 19.3. The lowest BCUT2D eigenvalue weighted by atomic mass is 10.4. The number of amidine groups is 1. The van der Waals surface area contributed by atoms with Crippen molar-refractivity contribution in [1.29, 1.82) is 0 Å². The number of alkyl halides is 2. The predicted molar refractivity (Wildman–Crippen MR) is 69.5 cm³/mol. The summed E-state index contributed by atoms with van der Waals surface area (Å²) >= 11 is 14.3. The van der Waals surface area contributed by atoms with Crippen molar-refractivity contribution in [2.24, 2.45) is 4.99 Å². The van der Waals surface area contributed by atoms with Gasteiger partial charge in [-0.2, -0.15) is 18.8 Å². The Morgan fingerprint density at radius 3 is 2.68 bits per heavy atom. The summed E-state index contributed by atoms with van der Waals surface area (Å²) in [6.45, 7) is 0. The van der Waals surface area contributed by atoms with E-state index in [0.29, 0.717) is 4.90 Å². The maximum atomic E-state index is 13.6. The van der Waals surface area contributed by atoms with Gasteiger partial charge in [-0.1, -0.05) is 11.6 Å². The fourth-order valence-electron chi connectivity index (χ4n) is 1.30. The van der Waals surface area contributed by atoms with Crippen LogP contribution in [0, 0.1) is 6.08 Å². The van der Waals surface area contributed by atoms with Gasteiger partial charge in [-0.3, -0.25) is 4.90 Å². The maximum Gasteiger partial charge on any atom is 0.310 e. The molecule has 0 saturated carbocycles.